The van der Waals surface area contributed by atoms with Gasteiger partial charge in [-0.3, -0.25) is 0 Å². The zero-order valence-electron chi connectivity index (χ0n) is 13.7. The van der Waals surface area contributed by atoms with Gasteiger partial charge < -0.3 is 9.26 Å². The molecular weight excluding hydrogens is 328 g/mol. The summed E-state index contributed by atoms with van der Waals surface area (Å²) in [5.41, 5.74) is 0.720. The number of nitrogens with one attached hydrogen (secondary N) is 1. The fourth-order valence-corrected chi connectivity index (χ4v) is 4.54. The first-order valence-electron chi connectivity index (χ1n) is 8.21. The third-order valence-electron chi connectivity index (χ3n) is 4.35. The highest BCUT2D eigenvalue weighted by Crippen LogP contribution is 2.30. The number of nitrogens with zero attached hydrogens (tertiary/aromatic N) is 1. The Kier molecular flexibility index (Phi) is 5.20. The molecule has 0 saturated heterocycles. The number of sulfonamides is 1. The highest BCUT2D eigenvalue weighted by molar-refractivity contribution is 7.89. The van der Waals surface area contributed by atoms with Crippen molar-refractivity contribution < 1.29 is 17.7 Å². The van der Waals surface area contributed by atoms with E-state index in [0.717, 1.165) is 31.2 Å². The molecule has 0 amide bonds. The second-order valence-electron chi connectivity index (χ2n) is 6.05. The lowest BCUT2D eigenvalue weighted by molar-refractivity contribution is 0.400. The van der Waals surface area contributed by atoms with Crippen molar-refractivity contribution in [1.82, 2.24) is 9.88 Å². The Labute approximate surface area is 142 Å². The van der Waals surface area contributed by atoms with Crippen LogP contribution in [-0.4, -0.2) is 26.7 Å². The van der Waals surface area contributed by atoms with Crippen LogP contribution in [0.4, 0.5) is 0 Å². The average molecular weight is 350 g/mol. The van der Waals surface area contributed by atoms with Crippen molar-refractivity contribution in [3.8, 4) is 17.1 Å². The first kappa shape index (κ1) is 17.0. The van der Waals surface area contributed by atoms with Gasteiger partial charge in [0.1, 0.15) is 10.6 Å². The van der Waals surface area contributed by atoms with Crippen LogP contribution in [-0.2, 0) is 10.0 Å². The quantitative estimate of drug-likeness (QED) is 0.836. The molecule has 0 atom stereocenters. The van der Waals surface area contributed by atoms with Crippen LogP contribution in [0, 0.1) is 0 Å². The van der Waals surface area contributed by atoms with E-state index in [9.17, 15) is 8.42 Å². The molecule has 1 fully saturated rings. The molecule has 0 spiro atoms. The van der Waals surface area contributed by atoms with Crippen molar-refractivity contribution in [2.45, 2.75) is 49.5 Å². The van der Waals surface area contributed by atoms with Crippen LogP contribution in [0.15, 0.2) is 39.9 Å². The minimum atomic E-state index is -3.63. The molecule has 1 aromatic carbocycles. The van der Waals surface area contributed by atoms with Crippen LogP contribution >= 0.6 is 0 Å². The summed E-state index contributed by atoms with van der Waals surface area (Å²) in [5.74, 6) is 0.860. The number of hydrogen-bond donors (Lipinski definition) is 1. The van der Waals surface area contributed by atoms with Crippen LogP contribution in [0.5, 0.6) is 5.75 Å². The third kappa shape index (κ3) is 3.79. The Morgan fingerprint density at radius 3 is 2.54 bits per heavy atom. The monoisotopic (exact) mass is 350 g/mol. The van der Waals surface area contributed by atoms with Crippen molar-refractivity contribution >= 4 is 10.0 Å². The van der Waals surface area contributed by atoms with Crippen LogP contribution in [0.1, 0.15) is 38.5 Å². The van der Waals surface area contributed by atoms with E-state index in [4.69, 9.17) is 9.26 Å². The number of hydrogen-bond acceptors (Lipinski definition) is 5. The van der Waals surface area contributed by atoms with Gasteiger partial charge in [0.15, 0.2) is 5.76 Å². The second-order valence-corrected chi connectivity index (χ2v) is 7.73. The van der Waals surface area contributed by atoms with Crippen molar-refractivity contribution in [2.24, 2.45) is 0 Å². The minimum Gasteiger partial charge on any atom is -0.495 e. The zero-order valence-corrected chi connectivity index (χ0v) is 14.5. The molecule has 0 unspecified atom stereocenters. The number of benzene rings is 1. The largest absolute Gasteiger partial charge is 0.495 e. The van der Waals surface area contributed by atoms with E-state index in [1.54, 1.807) is 30.5 Å². The van der Waals surface area contributed by atoms with E-state index in [2.05, 4.69) is 9.88 Å². The molecule has 130 valence electrons. The first-order valence-corrected chi connectivity index (χ1v) is 9.70. The molecule has 0 bridgehead atoms. The summed E-state index contributed by atoms with van der Waals surface area (Å²) in [6.07, 6.45) is 7.79. The third-order valence-corrected chi connectivity index (χ3v) is 5.91. The fraction of sp³-hybridized carbons (Fsp3) is 0.471. The Morgan fingerprint density at radius 1 is 1.17 bits per heavy atom. The molecule has 7 heteroatoms. The van der Waals surface area contributed by atoms with Gasteiger partial charge in [0.2, 0.25) is 10.0 Å². The summed E-state index contributed by atoms with van der Waals surface area (Å²) in [4.78, 5) is 0.150. The van der Waals surface area contributed by atoms with Gasteiger partial charge in [-0.1, -0.05) is 30.8 Å². The standard InChI is InChI=1S/C17H22N2O4S/c1-22-16-12-13(15-10-11-18-23-15)8-9-17(16)24(20,21)19-14-6-4-2-3-5-7-14/h8-12,14,19H,2-7H2,1H3. The summed E-state index contributed by atoms with van der Waals surface area (Å²) >= 11 is 0. The highest BCUT2D eigenvalue weighted by atomic mass is 32.2. The summed E-state index contributed by atoms with van der Waals surface area (Å²) in [6.45, 7) is 0. The van der Waals surface area contributed by atoms with Gasteiger partial charge in [0.05, 0.1) is 13.3 Å². The van der Waals surface area contributed by atoms with Gasteiger partial charge in [-0.15, -0.1) is 0 Å². The molecule has 24 heavy (non-hydrogen) atoms. The molecule has 1 heterocycles. The Bertz CT molecular complexity index is 764. The summed E-state index contributed by atoms with van der Waals surface area (Å²) in [6, 6.07) is 6.62. The SMILES string of the molecule is COc1cc(-c2ccno2)ccc1S(=O)(=O)NC1CCCCCC1. The second kappa shape index (κ2) is 7.36. The lowest BCUT2D eigenvalue weighted by Crippen LogP contribution is -2.34. The van der Waals surface area contributed by atoms with E-state index in [1.807, 2.05) is 0 Å². The van der Waals surface area contributed by atoms with Gasteiger partial charge in [0, 0.05) is 17.7 Å². The summed E-state index contributed by atoms with van der Waals surface area (Å²) in [7, 11) is -2.16. The smallest absolute Gasteiger partial charge is 0.244 e. The lowest BCUT2D eigenvalue weighted by atomic mass is 10.1. The predicted molar refractivity (Wildman–Crippen MR) is 90.3 cm³/mol. The van der Waals surface area contributed by atoms with E-state index >= 15 is 0 Å². The lowest BCUT2D eigenvalue weighted by Gasteiger charge is -2.18. The van der Waals surface area contributed by atoms with E-state index in [-0.39, 0.29) is 10.9 Å². The van der Waals surface area contributed by atoms with Gasteiger partial charge in [-0.25, -0.2) is 13.1 Å². The average Bonchev–Trinajstić information content (AvgIpc) is 3.00. The van der Waals surface area contributed by atoms with Crippen LogP contribution in [0.2, 0.25) is 0 Å². The number of rotatable bonds is 5. The molecule has 1 saturated carbocycles. The molecule has 1 N–H and O–H groups in total. The van der Waals surface area contributed by atoms with E-state index in [1.165, 1.54) is 20.0 Å². The Hall–Kier alpha value is -1.86. The molecule has 1 aliphatic carbocycles. The minimum absolute atomic E-state index is 0.00356. The Morgan fingerprint density at radius 2 is 1.92 bits per heavy atom. The van der Waals surface area contributed by atoms with Crippen LogP contribution in [0.25, 0.3) is 11.3 Å². The van der Waals surface area contributed by atoms with Crippen molar-refractivity contribution in [3.05, 3.63) is 30.5 Å². The van der Waals surface area contributed by atoms with Gasteiger partial charge >= 0.3 is 0 Å². The van der Waals surface area contributed by atoms with E-state index < -0.39 is 10.0 Å². The summed E-state index contributed by atoms with van der Waals surface area (Å²) < 4.78 is 38.8. The highest BCUT2D eigenvalue weighted by Gasteiger charge is 2.24. The van der Waals surface area contributed by atoms with Gasteiger partial charge in [-0.05, 0) is 31.0 Å². The molecule has 3 rings (SSSR count). The molecule has 2 aromatic rings. The fourth-order valence-electron chi connectivity index (χ4n) is 3.09. The number of ether oxygens (including phenoxy) is 1. The summed E-state index contributed by atoms with van der Waals surface area (Å²) in [5, 5.41) is 3.67. The normalized spacial score (nSPS) is 16.7. The maximum absolute atomic E-state index is 12.8. The first-order chi connectivity index (χ1) is 11.6. The van der Waals surface area contributed by atoms with Crippen LogP contribution in [0.3, 0.4) is 0 Å². The molecule has 6 nitrogen and oxygen atoms in total. The molecule has 0 aliphatic heterocycles. The van der Waals surface area contributed by atoms with Gasteiger partial charge in [-0.2, -0.15) is 0 Å². The van der Waals surface area contributed by atoms with Gasteiger partial charge in [0.25, 0.3) is 0 Å². The van der Waals surface area contributed by atoms with E-state index in [0.29, 0.717) is 11.5 Å². The van der Waals surface area contributed by atoms with Crippen molar-refractivity contribution in [2.75, 3.05) is 7.11 Å². The molecular formula is C17H22N2O4S. The van der Waals surface area contributed by atoms with Crippen LogP contribution < -0.4 is 9.46 Å². The predicted octanol–water partition coefficient (Wildman–Crippen LogP) is 3.35. The Balaban J connectivity index is 1.86. The zero-order chi connectivity index (χ0) is 17.0. The van der Waals surface area contributed by atoms with Crippen molar-refractivity contribution in [3.63, 3.8) is 0 Å². The maximum atomic E-state index is 12.8. The maximum Gasteiger partial charge on any atom is 0.244 e. The van der Waals surface area contributed by atoms with Crippen molar-refractivity contribution in [1.29, 1.82) is 0 Å². The number of aromatic nitrogens is 1. The molecule has 1 aliphatic rings. The molecule has 0 radical (unpaired) electrons. The molecule has 1 aromatic heterocycles. The number of methoxy groups -OCH3 is 1. The topological polar surface area (TPSA) is 81.4 Å².